The number of thioether (sulfide) groups is 1. The van der Waals surface area contributed by atoms with Crippen LogP contribution in [0.25, 0.3) is 0 Å². The van der Waals surface area contributed by atoms with Crippen LogP contribution in [0.1, 0.15) is 125 Å². The molecule has 0 N–H and O–H groups in total. The number of unbranched alkanes of at least 4 members (excludes halogenated alkanes) is 5. The lowest BCUT2D eigenvalue weighted by Crippen LogP contribution is -1.87. The summed E-state index contributed by atoms with van der Waals surface area (Å²) in [6.07, 6.45) is -23.6. The molecule has 2 heteroatoms. The summed E-state index contributed by atoms with van der Waals surface area (Å²) in [7, 11) is 0. The van der Waals surface area contributed by atoms with Crippen molar-refractivity contribution in [2.75, 3.05) is 5.70 Å². The van der Waals surface area contributed by atoms with Crippen molar-refractivity contribution in [3.63, 3.8) is 0 Å². The maximum atomic E-state index is 11.4. The van der Waals surface area contributed by atoms with Gasteiger partial charge in [0.1, 0.15) is 0 Å². The first-order valence-electron chi connectivity index (χ1n) is 14.9. The van der Waals surface area contributed by atoms with Crippen LogP contribution >= 0.6 is 11.8 Å². The normalized spacial score (nSPS) is 28.5. The van der Waals surface area contributed by atoms with Gasteiger partial charge in [-0.15, -0.1) is 0 Å². The Morgan fingerprint density at radius 3 is 1.90 bits per heavy atom. The third-order valence-corrected chi connectivity index (χ3v) is 2.79. The zero-order valence-electron chi connectivity index (χ0n) is 28.3. The fourth-order valence-electron chi connectivity index (χ4n) is 1.35. The van der Waals surface area contributed by atoms with Crippen molar-refractivity contribution in [3.8, 4) is 0 Å². The average molecular weight is 317 g/mol. The fourth-order valence-corrected chi connectivity index (χ4v) is 1.59. The largest absolute Gasteiger partial charge is 0.288 e. The van der Waals surface area contributed by atoms with Crippen LogP contribution in [0.5, 0.6) is 0 Å². The molecule has 0 aromatic rings. The molecule has 0 amide bonds. The molecule has 0 heterocycles. The van der Waals surface area contributed by atoms with Crippen LogP contribution in [-0.2, 0) is 4.79 Å². The molecule has 0 rings (SSSR count). The Labute approximate surface area is 154 Å². The molecular formula is C18H36OS. The lowest BCUT2D eigenvalue weighted by Gasteiger charge is -2.03. The first-order chi connectivity index (χ1) is 15.7. The highest BCUT2D eigenvalue weighted by atomic mass is 32.2. The molecule has 0 fully saturated rings. The standard InChI is InChI=1S/C18H36OS/c1-3-4-5-6-7-8-9-10-11-12-13-14-15-16-17-20-18(2)19/h3-17H2,1-2H3/i10D2,11D2,12D2,13D2,14D2,15D2,16D2,17D2. The van der Waals surface area contributed by atoms with Gasteiger partial charge in [-0.3, -0.25) is 4.79 Å². The third-order valence-electron chi connectivity index (χ3n) is 2.30. The summed E-state index contributed by atoms with van der Waals surface area (Å²) in [6, 6.07) is 0. The molecule has 0 saturated carbocycles. The Morgan fingerprint density at radius 2 is 1.30 bits per heavy atom. The Hall–Kier alpha value is 0.0200. The molecule has 20 heavy (non-hydrogen) atoms. The lowest BCUT2D eigenvalue weighted by molar-refractivity contribution is -0.109. The van der Waals surface area contributed by atoms with E-state index in [1.54, 1.807) is 0 Å². The van der Waals surface area contributed by atoms with Crippen molar-refractivity contribution in [1.29, 1.82) is 0 Å². The van der Waals surface area contributed by atoms with Gasteiger partial charge in [0, 0.05) is 34.6 Å². The molecule has 1 nitrogen and oxygen atoms in total. The summed E-state index contributed by atoms with van der Waals surface area (Å²) >= 11 is -0.287. The molecule has 0 radical (unpaired) electrons. The number of rotatable bonds is 15. The van der Waals surface area contributed by atoms with Crippen LogP contribution in [0.4, 0.5) is 0 Å². The van der Waals surface area contributed by atoms with Gasteiger partial charge in [0.15, 0.2) is 5.12 Å². The van der Waals surface area contributed by atoms with Gasteiger partial charge in [-0.25, -0.2) is 0 Å². The van der Waals surface area contributed by atoms with Gasteiger partial charge in [0.2, 0.25) is 0 Å². The van der Waals surface area contributed by atoms with Crippen molar-refractivity contribution in [1.82, 2.24) is 0 Å². The average Bonchev–Trinajstić information content (AvgIpc) is 2.68. The minimum Gasteiger partial charge on any atom is -0.288 e. The van der Waals surface area contributed by atoms with E-state index in [4.69, 9.17) is 21.9 Å². The third kappa shape index (κ3) is 18.0. The van der Waals surface area contributed by atoms with E-state index in [9.17, 15) is 4.79 Å². The van der Waals surface area contributed by atoms with E-state index >= 15 is 0 Å². The maximum absolute atomic E-state index is 11.4. The van der Waals surface area contributed by atoms with Gasteiger partial charge >= 0.3 is 0 Å². The van der Waals surface area contributed by atoms with Crippen LogP contribution < -0.4 is 0 Å². The Balaban J connectivity index is 6.29. The van der Waals surface area contributed by atoms with Gasteiger partial charge in [-0.2, -0.15) is 0 Å². The topological polar surface area (TPSA) is 17.1 Å². The van der Waals surface area contributed by atoms with E-state index in [-0.39, 0.29) is 18.2 Å². The van der Waals surface area contributed by atoms with Gasteiger partial charge in [0.25, 0.3) is 0 Å². The van der Waals surface area contributed by atoms with Gasteiger partial charge in [-0.05, 0) is 6.37 Å². The molecule has 0 aliphatic carbocycles. The summed E-state index contributed by atoms with van der Waals surface area (Å²) in [5.74, 6) is 0. The predicted molar refractivity (Wildman–Crippen MR) is 93.5 cm³/mol. The van der Waals surface area contributed by atoms with Crippen LogP contribution in [0.15, 0.2) is 0 Å². The highest BCUT2D eigenvalue weighted by Gasteiger charge is 1.95. The molecule has 0 aliphatic rings. The minimum absolute atomic E-state index is 0.147. The van der Waals surface area contributed by atoms with E-state index in [0.717, 1.165) is 32.6 Å². The van der Waals surface area contributed by atoms with Crippen LogP contribution in [0.2, 0.25) is 0 Å². The van der Waals surface area contributed by atoms with Crippen molar-refractivity contribution >= 4 is 16.9 Å². The summed E-state index contributed by atoms with van der Waals surface area (Å²) in [4.78, 5) is 11.4. The number of hydrogen-bond donors (Lipinski definition) is 0. The lowest BCUT2D eigenvalue weighted by atomic mass is 10.0. The smallest absolute Gasteiger partial charge is 0.185 e. The van der Waals surface area contributed by atoms with Gasteiger partial charge in [-0.1, -0.05) is 102 Å². The first-order valence-corrected chi connectivity index (χ1v) is 7.74. The zero-order valence-corrected chi connectivity index (χ0v) is 13.1. The Morgan fingerprint density at radius 1 is 0.800 bits per heavy atom. The van der Waals surface area contributed by atoms with Crippen LogP contribution in [0, 0.1) is 0 Å². The molecule has 0 aromatic carbocycles. The number of hydrogen-bond acceptors (Lipinski definition) is 2. The van der Waals surface area contributed by atoms with Crippen molar-refractivity contribution < 1.29 is 26.7 Å². The quantitative estimate of drug-likeness (QED) is 0.311. The highest BCUT2D eigenvalue weighted by Crippen LogP contribution is 2.13. The molecule has 0 aromatic heterocycles. The first kappa shape index (κ1) is 5.91. The molecule has 0 atom stereocenters. The van der Waals surface area contributed by atoms with E-state index in [1.165, 1.54) is 0 Å². The van der Waals surface area contributed by atoms with Crippen LogP contribution in [-0.4, -0.2) is 10.8 Å². The SMILES string of the molecule is [2H]C([2H])(CCCCCCCC)C([2H])([2H])C([2H])([2H])C([2H])([2H])C([2H])([2H])C([2H])([2H])C([2H])([2H])C([2H])([2H])SC(C)=O. The molecule has 0 spiro atoms. The van der Waals surface area contributed by atoms with Gasteiger partial charge in [0.05, 0.1) is 0 Å². The van der Waals surface area contributed by atoms with Crippen LogP contribution in [0.3, 0.4) is 0 Å². The highest BCUT2D eigenvalue weighted by molar-refractivity contribution is 8.13. The number of carbonyl (C=O) groups excluding carboxylic acids is 1. The summed E-state index contributed by atoms with van der Waals surface area (Å²) in [6.45, 7) is 2.87. The monoisotopic (exact) mass is 316 g/mol. The predicted octanol–water partition coefficient (Wildman–Crippen LogP) is 6.75. The van der Waals surface area contributed by atoms with Crippen molar-refractivity contribution in [2.45, 2.75) is 103 Å². The molecule has 0 bridgehead atoms. The van der Waals surface area contributed by atoms with Crippen molar-refractivity contribution in [3.05, 3.63) is 0 Å². The maximum Gasteiger partial charge on any atom is 0.185 e. The minimum atomic E-state index is -4.23. The summed E-state index contributed by atoms with van der Waals surface area (Å²) in [5.41, 5.74) is -3.41. The second-order valence-electron chi connectivity index (χ2n) is 4.14. The molecular weight excluding hydrogens is 264 g/mol. The second-order valence-corrected chi connectivity index (χ2v) is 5.12. The number of carbonyl (C=O) groups is 1. The van der Waals surface area contributed by atoms with E-state index < -0.39 is 61.9 Å². The molecule has 0 unspecified atom stereocenters. The van der Waals surface area contributed by atoms with E-state index in [0.29, 0.717) is 6.42 Å². The summed E-state index contributed by atoms with van der Waals surface area (Å²) < 4.78 is 129. The molecule has 0 aliphatic heterocycles. The zero-order chi connectivity index (χ0) is 29.2. The second kappa shape index (κ2) is 17.1. The van der Waals surface area contributed by atoms with E-state index in [1.807, 2.05) is 6.92 Å². The Bertz CT molecular complexity index is 749. The van der Waals surface area contributed by atoms with Crippen molar-refractivity contribution in [2.24, 2.45) is 0 Å². The fraction of sp³-hybridized carbons (Fsp3) is 0.944. The summed E-state index contributed by atoms with van der Waals surface area (Å²) in [5, 5.41) is -0.974. The Kier molecular flexibility index (Phi) is 5.04. The van der Waals surface area contributed by atoms with Gasteiger partial charge < -0.3 is 0 Å². The molecule has 0 saturated heterocycles. The van der Waals surface area contributed by atoms with E-state index in [2.05, 4.69) is 0 Å². The molecule has 120 valence electrons.